The van der Waals surface area contributed by atoms with Crippen LogP contribution in [0.5, 0.6) is 0 Å². The van der Waals surface area contributed by atoms with Gasteiger partial charge in [-0.25, -0.2) is 13.1 Å². The van der Waals surface area contributed by atoms with Gasteiger partial charge in [-0.2, -0.15) is 5.10 Å². The number of sulfonamides is 1. The smallest absolute Gasteiger partial charge is 0.243 e. The molecule has 0 aromatic carbocycles. The molecule has 1 atom stereocenters. The van der Waals surface area contributed by atoms with E-state index in [4.69, 9.17) is 0 Å². The van der Waals surface area contributed by atoms with Gasteiger partial charge in [-0.3, -0.25) is 4.68 Å². The Bertz CT molecular complexity index is 645. The molecule has 0 radical (unpaired) electrons. The fraction of sp³-hybridized carbons (Fsp3) is 0.364. The zero-order valence-electron chi connectivity index (χ0n) is 10.6. The third kappa shape index (κ3) is 3.21. The molecule has 8 heteroatoms. The second kappa shape index (κ2) is 5.04. The van der Waals surface area contributed by atoms with Crippen molar-refractivity contribution in [1.29, 1.82) is 0 Å². The number of rotatable bonds is 5. The summed E-state index contributed by atoms with van der Waals surface area (Å²) in [5.74, 6) is 0. The quantitative estimate of drug-likeness (QED) is 0.850. The van der Waals surface area contributed by atoms with E-state index in [2.05, 4.69) is 9.82 Å². The van der Waals surface area contributed by atoms with E-state index >= 15 is 0 Å². The highest BCUT2D eigenvalue weighted by atomic mass is 32.2. The molecule has 2 heterocycles. The molecule has 0 spiro atoms. The second-order valence-electron chi connectivity index (χ2n) is 4.43. The van der Waals surface area contributed by atoms with E-state index in [1.165, 1.54) is 28.4 Å². The van der Waals surface area contributed by atoms with Gasteiger partial charge in [0.15, 0.2) is 0 Å². The number of aryl methyl sites for hydroxylation is 1. The molecule has 2 aromatic rings. The lowest BCUT2D eigenvalue weighted by molar-refractivity contribution is 0.0666. The summed E-state index contributed by atoms with van der Waals surface area (Å²) in [7, 11) is -2.01. The van der Waals surface area contributed by atoms with Gasteiger partial charge in [-0.05, 0) is 18.4 Å². The second-order valence-corrected chi connectivity index (χ2v) is 7.14. The highest BCUT2D eigenvalue weighted by Gasteiger charge is 2.27. The molecule has 6 nitrogen and oxygen atoms in total. The first-order valence-corrected chi connectivity index (χ1v) is 7.92. The molecule has 2 rings (SSSR count). The Morgan fingerprint density at radius 3 is 2.84 bits per heavy atom. The Hall–Kier alpha value is -1.22. The standard InChI is InChI=1S/C11H15N3O3S2/c1-11(15,10-4-3-5-18-10)8-13-19(16,17)9-6-12-14(2)7-9/h3-7,13,15H,8H2,1-2H3/t11-/m1/s1. The molecule has 0 fully saturated rings. The largest absolute Gasteiger partial charge is 0.383 e. The first kappa shape index (κ1) is 14.2. The molecule has 0 aliphatic rings. The molecule has 0 aliphatic carbocycles. The number of hydrogen-bond donors (Lipinski definition) is 2. The van der Waals surface area contributed by atoms with Gasteiger partial charge in [0.2, 0.25) is 10.0 Å². The van der Waals surface area contributed by atoms with Crippen molar-refractivity contribution in [2.75, 3.05) is 6.54 Å². The molecular weight excluding hydrogens is 286 g/mol. The van der Waals surface area contributed by atoms with Gasteiger partial charge >= 0.3 is 0 Å². The number of thiophene rings is 1. The van der Waals surface area contributed by atoms with E-state index in [1.807, 2.05) is 11.4 Å². The topological polar surface area (TPSA) is 84.2 Å². The van der Waals surface area contributed by atoms with Crippen molar-refractivity contribution in [1.82, 2.24) is 14.5 Å². The molecule has 0 saturated carbocycles. The van der Waals surface area contributed by atoms with Crippen LogP contribution in [0.1, 0.15) is 11.8 Å². The van der Waals surface area contributed by atoms with Crippen LogP contribution in [0.15, 0.2) is 34.8 Å². The van der Waals surface area contributed by atoms with Gasteiger partial charge in [-0.15, -0.1) is 11.3 Å². The van der Waals surface area contributed by atoms with Crippen molar-refractivity contribution in [3.05, 3.63) is 34.8 Å². The molecule has 0 aliphatic heterocycles. The van der Waals surface area contributed by atoms with E-state index in [9.17, 15) is 13.5 Å². The van der Waals surface area contributed by atoms with Gasteiger partial charge in [0, 0.05) is 24.7 Å². The van der Waals surface area contributed by atoms with Crippen LogP contribution in [0.2, 0.25) is 0 Å². The van der Waals surface area contributed by atoms with Crippen LogP contribution < -0.4 is 4.72 Å². The molecular formula is C11H15N3O3S2. The maximum atomic E-state index is 12.0. The van der Waals surface area contributed by atoms with E-state index in [-0.39, 0.29) is 11.4 Å². The van der Waals surface area contributed by atoms with Crippen molar-refractivity contribution >= 4 is 21.4 Å². The summed E-state index contributed by atoms with van der Waals surface area (Å²) >= 11 is 1.38. The lowest BCUT2D eigenvalue weighted by atomic mass is 10.1. The van der Waals surface area contributed by atoms with Crippen LogP contribution in [0.3, 0.4) is 0 Å². The number of aromatic nitrogens is 2. The summed E-state index contributed by atoms with van der Waals surface area (Å²) in [4.78, 5) is 0.790. The Balaban J connectivity index is 2.10. The maximum absolute atomic E-state index is 12.0. The summed E-state index contributed by atoms with van der Waals surface area (Å²) in [5.41, 5.74) is -1.23. The SMILES string of the molecule is Cn1cc(S(=O)(=O)NC[C@@](C)(O)c2cccs2)cn1. The maximum Gasteiger partial charge on any atom is 0.243 e. The minimum atomic E-state index is -3.65. The van der Waals surface area contributed by atoms with Gasteiger partial charge in [0.05, 0.1) is 6.20 Å². The summed E-state index contributed by atoms with van der Waals surface area (Å²) < 4.78 is 27.8. The van der Waals surface area contributed by atoms with E-state index in [0.717, 1.165) is 0 Å². The van der Waals surface area contributed by atoms with Gasteiger partial charge in [0.25, 0.3) is 0 Å². The van der Waals surface area contributed by atoms with Crippen LogP contribution in [-0.4, -0.2) is 29.8 Å². The van der Waals surface area contributed by atoms with Crippen molar-refractivity contribution < 1.29 is 13.5 Å². The molecule has 0 saturated heterocycles. The first-order chi connectivity index (χ1) is 8.81. The number of aliphatic hydroxyl groups is 1. The lowest BCUT2D eigenvalue weighted by Crippen LogP contribution is -2.37. The first-order valence-electron chi connectivity index (χ1n) is 5.56. The Morgan fingerprint density at radius 1 is 1.58 bits per heavy atom. The molecule has 0 bridgehead atoms. The molecule has 2 N–H and O–H groups in total. The summed E-state index contributed by atoms with van der Waals surface area (Å²) in [6.45, 7) is 1.48. The number of nitrogens with zero attached hydrogens (tertiary/aromatic N) is 2. The van der Waals surface area contributed by atoms with Crippen LogP contribution in [0.4, 0.5) is 0 Å². The van der Waals surface area contributed by atoms with Gasteiger partial charge < -0.3 is 5.11 Å². The Labute approximate surface area is 115 Å². The predicted molar refractivity (Wildman–Crippen MR) is 72.3 cm³/mol. The highest BCUT2D eigenvalue weighted by molar-refractivity contribution is 7.89. The van der Waals surface area contributed by atoms with E-state index in [0.29, 0.717) is 4.88 Å². The van der Waals surface area contributed by atoms with Gasteiger partial charge in [-0.1, -0.05) is 6.07 Å². The lowest BCUT2D eigenvalue weighted by Gasteiger charge is -2.21. The van der Waals surface area contributed by atoms with Crippen molar-refractivity contribution in [2.45, 2.75) is 17.4 Å². The van der Waals surface area contributed by atoms with Crippen LogP contribution in [-0.2, 0) is 22.7 Å². The molecule has 19 heavy (non-hydrogen) atoms. The highest BCUT2D eigenvalue weighted by Crippen LogP contribution is 2.24. The number of hydrogen-bond acceptors (Lipinski definition) is 5. The molecule has 104 valence electrons. The monoisotopic (exact) mass is 301 g/mol. The Kier molecular flexibility index (Phi) is 3.77. The fourth-order valence-electron chi connectivity index (χ4n) is 1.53. The Morgan fingerprint density at radius 2 is 2.32 bits per heavy atom. The zero-order chi connectivity index (χ0) is 14.1. The third-order valence-corrected chi connectivity index (χ3v) is 5.13. The van der Waals surface area contributed by atoms with Crippen LogP contribution in [0.25, 0.3) is 0 Å². The zero-order valence-corrected chi connectivity index (χ0v) is 12.2. The van der Waals surface area contributed by atoms with Crippen molar-refractivity contribution in [3.8, 4) is 0 Å². The van der Waals surface area contributed by atoms with Crippen LogP contribution in [0, 0.1) is 0 Å². The average molecular weight is 301 g/mol. The molecule has 0 unspecified atom stereocenters. The average Bonchev–Trinajstić information content (AvgIpc) is 2.97. The van der Waals surface area contributed by atoms with Crippen LogP contribution >= 0.6 is 11.3 Å². The van der Waals surface area contributed by atoms with E-state index in [1.54, 1.807) is 20.0 Å². The van der Waals surface area contributed by atoms with Gasteiger partial charge in [0.1, 0.15) is 10.5 Å². The van der Waals surface area contributed by atoms with E-state index < -0.39 is 15.6 Å². The third-order valence-electron chi connectivity index (χ3n) is 2.65. The minimum absolute atomic E-state index is 0.0805. The molecule has 2 aromatic heterocycles. The number of nitrogens with one attached hydrogen (secondary N) is 1. The predicted octanol–water partition coefficient (Wildman–Crippen LogP) is 0.668. The molecule has 0 amide bonds. The fourth-order valence-corrected chi connectivity index (χ4v) is 3.43. The summed E-state index contributed by atoms with van der Waals surface area (Å²) in [6, 6.07) is 3.58. The van der Waals surface area contributed by atoms with Crippen molar-refractivity contribution in [3.63, 3.8) is 0 Å². The summed E-state index contributed by atoms with van der Waals surface area (Å²) in [6.07, 6.45) is 2.67. The normalized spacial score (nSPS) is 15.3. The summed E-state index contributed by atoms with van der Waals surface area (Å²) in [5, 5.41) is 15.9. The van der Waals surface area contributed by atoms with Crippen molar-refractivity contribution in [2.24, 2.45) is 7.05 Å². The minimum Gasteiger partial charge on any atom is -0.383 e.